The first-order valence-electron chi connectivity index (χ1n) is 8.97. The van der Waals surface area contributed by atoms with Crippen molar-refractivity contribution in [2.75, 3.05) is 32.8 Å². The summed E-state index contributed by atoms with van der Waals surface area (Å²) >= 11 is 1.58. The molecule has 24 heavy (non-hydrogen) atoms. The summed E-state index contributed by atoms with van der Waals surface area (Å²) in [6, 6.07) is 0. The van der Waals surface area contributed by atoms with Gasteiger partial charge in [0.2, 0.25) is 0 Å². The number of amides is 1. The summed E-state index contributed by atoms with van der Waals surface area (Å²) in [6.07, 6.45) is 4.54. The van der Waals surface area contributed by atoms with Gasteiger partial charge in [0.05, 0.1) is 18.3 Å². The van der Waals surface area contributed by atoms with Crippen LogP contribution in [0.4, 0.5) is 0 Å². The lowest BCUT2D eigenvalue weighted by Gasteiger charge is -2.33. The lowest BCUT2D eigenvalue weighted by atomic mass is 9.83. The Bertz CT molecular complexity index is 655. The fourth-order valence-electron chi connectivity index (χ4n) is 5.03. The van der Waals surface area contributed by atoms with Crippen LogP contribution in [0.3, 0.4) is 0 Å². The summed E-state index contributed by atoms with van der Waals surface area (Å²) < 4.78 is 6.28. The Labute approximate surface area is 145 Å². The minimum Gasteiger partial charge on any atom is -0.396 e. The van der Waals surface area contributed by atoms with Crippen LogP contribution < -0.4 is 5.32 Å². The second kappa shape index (κ2) is 5.49. The molecule has 3 saturated heterocycles. The van der Waals surface area contributed by atoms with Crippen LogP contribution in [0.5, 0.6) is 0 Å². The van der Waals surface area contributed by atoms with Gasteiger partial charge in [-0.1, -0.05) is 0 Å². The summed E-state index contributed by atoms with van der Waals surface area (Å²) in [5.41, 5.74) is 0.819. The van der Waals surface area contributed by atoms with Crippen LogP contribution in [-0.4, -0.2) is 65.4 Å². The van der Waals surface area contributed by atoms with Gasteiger partial charge in [0, 0.05) is 43.0 Å². The number of morpholine rings is 1. The standard InChI is InChI=1S/C17H23N3O3S/c21-7-10-11-6-20(9-17(11)8-18-5-13(10)23-17)16(22)15-19-12-3-1-2-4-14(12)24-15/h10-11,13,18,21H,1-9H2/t10-,11+,13+,17+/m0/s1. The SMILES string of the molecule is O=C(c1nc2c(s1)CCCC2)N1C[C@@H]2[C@H](CO)[C@H]3CNC[C@]2(C1)O3. The van der Waals surface area contributed by atoms with E-state index in [2.05, 4.69) is 10.3 Å². The van der Waals surface area contributed by atoms with Crippen LogP contribution >= 0.6 is 11.3 Å². The minimum absolute atomic E-state index is 0.0422. The number of hydrogen-bond acceptors (Lipinski definition) is 6. The molecule has 0 radical (unpaired) electrons. The molecule has 0 saturated carbocycles. The highest BCUT2D eigenvalue weighted by Crippen LogP contribution is 2.47. The molecule has 1 aromatic rings. The highest BCUT2D eigenvalue weighted by atomic mass is 32.1. The average Bonchev–Trinajstić information content (AvgIpc) is 3.22. The third-order valence-corrected chi connectivity index (χ3v) is 7.37. The molecule has 2 N–H and O–H groups in total. The number of fused-ring (bicyclic) bond motifs is 2. The molecule has 5 rings (SSSR count). The van der Waals surface area contributed by atoms with Gasteiger partial charge in [-0.15, -0.1) is 11.3 Å². The predicted octanol–water partition coefficient (Wildman–Crippen LogP) is 0.443. The smallest absolute Gasteiger partial charge is 0.282 e. The van der Waals surface area contributed by atoms with E-state index in [1.807, 2.05) is 4.90 Å². The van der Waals surface area contributed by atoms with E-state index < -0.39 is 0 Å². The topological polar surface area (TPSA) is 74.7 Å². The zero-order valence-corrected chi connectivity index (χ0v) is 14.5. The van der Waals surface area contributed by atoms with Gasteiger partial charge in [0.1, 0.15) is 5.60 Å². The van der Waals surface area contributed by atoms with Gasteiger partial charge >= 0.3 is 0 Å². The first-order chi connectivity index (χ1) is 11.7. The number of likely N-dealkylation sites (tertiary alicyclic amines) is 1. The fraction of sp³-hybridized carbons (Fsp3) is 0.765. The molecule has 6 nitrogen and oxygen atoms in total. The Hall–Kier alpha value is -1.02. The molecule has 4 atom stereocenters. The number of rotatable bonds is 2. The zero-order valence-electron chi connectivity index (χ0n) is 13.7. The Kier molecular flexibility index (Phi) is 3.49. The number of carbonyl (C=O) groups is 1. The van der Waals surface area contributed by atoms with Crippen molar-refractivity contribution >= 4 is 17.2 Å². The van der Waals surface area contributed by atoms with Crippen molar-refractivity contribution in [1.29, 1.82) is 0 Å². The highest BCUT2D eigenvalue weighted by Gasteiger charge is 2.61. The molecule has 0 unspecified atom stereocenters. The first kappa shape index (κ1) is 15.3. The number of aliphatic hydroxyl groups excluding tert-OH is 1. The third-order valence-electron chi connectivity index (χ3n) is 6.23. The number of nitrogens with zero attached hydrogens (tertiary/aromatic N) is 2. The van der Waals surface area contributed by atoms with Crippen molar-refractivity contribution in [2.45, 2.75) is 37.4 Å². The van der Waals surface area contributed by atoms with E-state index in [0.717, 1.165) is 31.6 Å². The molecule has 4 heterocycles. The fourth-order valence-corrected chi connectivity index (χ4v) is 6.15. The number of nitrogens with one attached hydrogen (secondary N) is 1. The van der Waals surface area contributed by atoms with Crippen molar-refractivity contribution in [3.8, 4) is 0 Å². The van der Waals surface area contributed by atoms with Gasteiger partial charge in [0.25, 0.3) is 5.91 Å². The summed E-state index contributed by atoms with van der Waals surface area (Å²) in [6.45, 7) is 2.99. The Balaban J connectivity index is 1.39. The molecule has 1 aromatic heterocycles. The molecule has 0 aromatic carbocycles. The lowest BCUT2D eigenvalue weighted by molar-refractivity contribution is -0.0726. The van der Waals surface area contributed by atoms with Crippen molar-refractivity contribution < 1.29 is 14.6 Å². The number of hydrogen-bond donors (Lipinski definition) is 2. The van der Waals surface area contributed by atoms with E-state index in [0.29, 0.717) is 18.1 Å². The van der Waals surface area contributed by atoms with Crippen molar-refractivity contribution in [3.63, 3.8) is 0 Å². The predicted molar refractivity (Wildman–Crippen MR) is 89.2 cm³/mol. The first-order valence-corrected chi connectivity index (χ1v) is 9.79. The molecule has 2 bridgehead atoms. The number of aliphatic hydroxyl groups is 1. The maximum atomic E-state index is 13.0. The van der Waals surface area contributed by atoms with Gasteiger partial charge in [-0.25, -0.2) is 4.98 Å². The van der Waals surface area contributed by atoms with E-state index in [1.165, 1.54) is 17.7 Å². The summed E-state index contributed by atoms with van der Waals surface area (Å²) in [7, 11) is 0. The molecule has 7 heteroatoms. The van der Waals surface area contributed by atoms with Crippen LogP contribution in [0.25, 0.3) is 0 Å². The normalized spacial score (nSPS) is 37.4. The number of thiazole rings is 1. The second-order valence-electron chi connectivity index (χ2n) is 7.59. The van der Waals surface area contributed by atoms with Crippen LogP contribution in [0.1, 0.15) is 33.2 Å². The summed E-state index contributed by atoms with van der Waals surface area (Å²) in [4.78, 5) is 20.8. The monoisotopic (exact) mass is 349 g/mol. The van der Waals surface area contributed by atoms with E-state index in [9.17, 15) is 9.90 Å². The maximum Gasteiger partial charge on any atom is 0.282 e. The van der Waals surface area contributed by atoms with E-state index in [-0.39, 0.29) is 36.1 Å². The molecule has 1 amide bonds. The number of aryl methyl sites for hydroxylation is 2. The summed E-state index contributed by atoms with van der Waals surface area (Å²) in [5.74, 6) is 0.393. The highest BCUT2D eigenvalue weighted by molar-refractivity contribution is 7.13. The van der Waals surface area contributed by atoms with Gasteiger partial charge in [-0.05, 0) is 25.7 Å². The van der Waals surface area contributed by atoms with E-state index in [1.54, 1.807) is 11.3 Å². The van der Waals surface area contributed by atoms with Gasteiger partial charge in [-0.2, -0.15) is 0 Å². The second-order valence-corrected chi connectivity index (χ2v) is 8.67. The minimum atomic E-state index is -0.317. The van der Waals surface area contributed by atoms with E-state index in [4.69, 9.17) is 4.74 Å². The maximum absolute atomic E-state index is 13.0. The van der Waals surface area contributed by atoms with Gasteiger partial charge in [-0.3, -0.25) is 4.79 Å². The van der Waals surface area contributed by atoms with Crippen LogP contribution in [0.15, 0.2) is 0 Å². The number of carbonyl (C=O) groups excluding carboxylic acids is 1. The zero-order chi connectivity index (χ0) is 16.3. The quantitative estimate of drug-likeness (QED) is 0.811. The van der Waals surface area contributed by atoms with Gasteiger partial charge in [0.15, 0.2) is 5.01 Å². The molecule has 3 fully saturated rings. The summed E-state index contributed by atoms with van der Waals surface area (Å²) in [5, 5.41) is 13.9. The molecular weight excluding hydrogens is 326 g/mol. The van der Waals surface area contributed by atoms with Crippen LogP contribution in [0.2, 0.25) is 0 Å². The number of ether oxygens (including phenoxy) is 1. The van der Waals surface area contributed by atoms with Crippen LogP contribution in [0, 0.1) is 11.8 Å². The molecule has 3 aliphatic heterocycles. The molecular formula is C17H23N3O3S. The Morgan fingerprint density at radius 1 is 1.46 bits per heavy atom. The molecule has 1 aliphatic carbocycles. The Morgan fingerprint density at radius 3 is 3.17 bits per heavy atom. The molecule has 4 aliphatic rings. The number of aromatic nitrogens is 1. The van der Waals surface area contributed by atoms with Crippen LogP contribution in [-0.2, 0) is 17.6 Å². The van der Waals surface area contributed by atoms with E-state index >= 15 is 0 Å². The average molecular weight is 349 g/mol. The van der Waals surface area contributed by atoms with Gasteiger partial charge < -0.3 is 20.1 Å². The molecule has 1 spiro atoms. The molecule has 130 valence electrons. The van der Waals surface area contributed by atoms with Crippen molar-refractivity contribution in [2.24, 2.45) is 11.8 Å². The Morgan fingerprint density at radius 2 is 2.33 bits per heavy atom. The van der Waals surface area contributed by atoms with Crippen molar-refractivity contribution in [3.05, 3.63) is 15.6 Å². The largest absolute Gasteiger partial charge is 0.396 e. The van der Waals surface area contributed by atoms with Crippen molar-refractivity contribution in [1.82, 2.24) is 15.2 Å². The lowest BCUT2D eigenvalue weighted by Crippen LogP contribution is -2.52. The third kappa shape index (κ3) is 2.11.